The van der Waals surface area contributed by atoms with Crippen molar-refractivity contribution in [3.63, 3.8) is 0 Å². The second-order valence-electron chi connectivity index (χ2n) is 5.26. The molecule has 3 rings (SSSR count). The van der Waals surface area contributed by atoms with Gasteiger partial charge in [-0.2, -0.15) is 8.78 Å². The Labute approximate surface area is 127 Å². The third-order valence-corrected chi connectivity index (χ3v) is 3.75. The second-order valence-corrected chi connectivity index (χ2v) is 5.26. The molecule has 2 aromatic rings. The van der Waals surface area contributed by atoms with Crippen LogP contribution in [0.15, 0.2) is 48.5 Å². The number of hydrogen-bond donors (Lipinski definition) is 0. The third-order valence-electron chi connectivity index (χ3n) is 3.75. The summed E-state index contributed by atoms with van der Waals surface area (Å²) in [6.07, 6.45) is 0.814. The molecule has 0 spiro atoms. The molecule has 1 heterocycles. The van der Waals surface area contributed by atoms with Crippen LogP contribution in [0.1, 0.15) is 22.8 Å². The van der Waals surface area contributed by atoms with Crippen molar-refractivity contribution >= 4 is 11.6 Å². The maximum Gasteiger partial charge on any atom is 0.387 e. The molecule has 1 atom stereocenters. The summed E-state index contributed by atoms with van der Waals surface area (Å²) in [6.45, 7) is -0.876. The normalized spacial score (nSPS) is 16.7. The Kier molecular flexibility index (Phi) is 3.79. The van der Waals surface area contributed by atoms with E-state index in [1.165, 1.54) is 24.3 Å². The van der Waals surface area contributed by atoms with Gasteiger partial charge in [-0.15, -0.1) is 0 Å². The molecule has 5 heteroatoms. The monoisotopic (exact) mass is 303 g/mol. The lowest BCUT2D eigenvalue weighted by atomic mass is 10.1. The lowest BCUT2D eigenvalue weighted by molar-refractivity contribution is -0.0498. The topological polar surface area (TPSA) is 29.5 Å². The van der Waals surface area contributed by atoms with Gasteiger partial charge < -0.3 is 9.64 Å². The molecule has 0 fully saturated rings. The van der Waals surface area contributed by atoms with Crippen LogP contribution in [0.5, 0.6) is 5.75 Å². The number of fused-ring (bicyclic) bond motifs is 1. The van der Waals surface area contributed by atoms with Crippen molar-refractivity contribution in [2.45, 2.75) is 26.0 Å². The van der Waals surface area contributed by atoms with Crippen LogP contribution in [0.2, 0.25) is 0 Å². The average Bonchev–Trinajstić information content (AvgIpc) is 2.82. The summed E-state index contributed by atoms with van der Waals surface area (Å²) in [4.78, 5) is 14.4. The maximum absolute atomic E-state index is 12.7. The highest BCUT2D eigenvalue weighted by Crippen LogP contribution is 2.33. The number of rotatable bonds is 3. The van der Waals surface area contributed by atoms with Crippen LogP contribution in [0.25, 0.3) is 0 Å². The molecular formula is C17H15F2NO2. The van der Waals surface area contributed by atoms with Gasteiger partial charge in [0.2, 0.25) is 0 Å². The van der Waals surface area contributed by atoms with Gasteiger partial charge in [0.25, 0.3) is 5.91 Å². The molecule has 0 aromatic heterocycles. The highest BCUT2D eigenvalue weighted by Gasteiger charge is 2.31. The quantitative estimate of drug-likeness (QED) is 0.861. The summed E-state index contributed by atoms with van der Waals surface area (Å²) in [5, 5.41) is 0. The summed E-state index contributed by atoms with van der Waals surface area (Å²) in [7, 11) is 0. The first-order valence-electron chi connectivity index (χ1n) is 7.02. The zero-order valence-corrected chi connectivity index (χ0v) is 12.0. The van der Waals surface area contributed by atoms with Crippen molar-refractivity contribution in [2.24, 2.45) is 0 Å². The molecule has 3 nitrogen and oxygen atoms in total. The Hall–Kier alpha value is -2.43. The van der Waals surface area contributed by atoms with Gasteiger partial charge in [-0.3, -0.25) is 4.79 Å². The predicted molar refractivity (Wildman–Crippen MR) is 79.5 cm³/mol. The van der Waals surface area contributed by atoms with Crippen molar-refractivity contribution in [1.29, 1.82) is 0 Å². The Balaban J connectivity index is 1.85. The summed E-state index contributed by atoms with van der Waals surface area (Å²) < 4.78 is 28.6. The first kappa shape index (κ1) is 14.5. The van der Waals surface area contributed by atoms with Crippen LogP contribution in [-0.4, -0.2) is 18.6 Å². The molecule has 0 saturated heterocycles. The minimum absolute atomic E-state index is 0.0430. The van der Waals surface area contributed by atoms with Crippen molar-refractivity contribution in [3.8, 4) is 5.75 Å². The van der Waals surface area contributed by atoms with E-state index in [0.717, 1.165) is 17.7 Å². The number of nitrogens with zero attached hydrogens (tertiary/aromatic N) is 1. The number of amides is 1. The molecule has 1 amide bonds. The largest absolute Gasteiger partial charge is 0.435 e. The molecule has 1 aliphatic heterocycles. The highest BCUT2D eigenvalue weighted by atomic mass is 19.3. The van der Waals surface area contributed by atoms with Gasteiger partial charge in [-0.05, 0) is 49.2 Å². The second kappa shape index (κ2) is 5.75. The van der Waals surface area contributed by atoms with E-state index in [-0.39, 0.29) is 17.7 Å². The van der Waals surface area contributed by atoms with E-state index >= 15 is 0 Å². The van der Waals surface area contributed by atoms with Gasteiger partial charge in [0, 0.05) is 17.3 Å². The molecule has 0 radical (unpaired) electrons. The molecule has 0 N–H and O–H groups in total. The fourth-order valence-corrected chi connectivity index (χ4v) is 2.79. The van der Waals surface area contributed by atoms with Gasteiger partial charge in [-0.25, -0.2) is 0 Å². The minimum atomic E-state index is -2.87. The van der Waals surface area contributed by atoms with E-state index < -0.39 is 6.61 Å². The highest BCUT2D eigenvalue weighted by molar-refractivity contribution is 6.07. The smallest absolute Gasteiger partial charge is 0.387 e. The number of halogens is 2. The van der Waals surface area contributed by atoms with Crippen LogP contribution < -0.4 is 9.64 Å². The Morgan fingerprint density at radius 1 is 1.18 bits per heavy atom. The van der Waals surface area contributed by atoms with E-state index in [1.54, 1.807) is 4.90 Å². The summed E-state index contributed by atoms with van der Waals surface area (Å²) in [6, 6.07) is 13.6. The SMILES string of the molecule is CC1Cc2ccccc2N1C(=O)c1ccc(OC(F)F)cc1. The number of carbonyl (C=O) groups is 1. The summed E-state index contributed by atoms with van der Waals surface area (Å²) in [5.74, 6) is -0.0949. The Bertz CT molecular complexity index is 685. The molecule has 0 aliphatic carbocycles. The Morgan fingerprint density at radius 2 is 1.86 bits per heavy atom. The van der Waals surface area contributed by atoms with Crippen molar-refractivity contribution in [1.82, 2.24) is 0 Å². The maximum atomic E-state index is 12.7. The number of para-hydroxylation sites is 1. The van der Waals surface area contributed by atoms with Crippen LogP contribution in [0.4, 0.5) is 14.5 Å². The molecule has 114 valence electrons. The van der Waals surface area contributed by atoms with E-state index in [2.05, 4.69) is 4.74 Å². The zero-order valence-electron chi connectivity index (χ0n) is 12.0. The Morgan fingerprint density at radius 3 is 2.55 bits per heavy atom. The molecular weight excluding hydrogens is 288 g/mol. The van der Waals surface area contributed by atoms with Crippen LogP contribution in [0, 0.1) is 0 Å². The van der Waals surface area contributed by atoms with Crippen LogP contribution >= 0.6 is 0 Å². The van der Waals surface area contributed by atoms with Gasteiger partial charge in [0.15, 0.2) is 0 Å². The standard InChI is InChI=1S/C17H15F2NO2/c1-11-10-13-4-2-3-5-15(13)20(11)16(21)12-6-8-14(9-7-12)22-17(18)19/h2-9,11,17H,10H2,1H3. The third kappa shape index (κ3) is 2.66. The van der Waals surface area contributed by atoms with E-state index in [0.29, 0.717) is 5.56 Å². The summed E-state index contributed by atoms with van der Waals surface area (Å²) in [5.41, 5.74) is 2.50. The number of benzene rings is 2. The van der Waals surface area contributed by atoms with Crippen LogP contribution in [-0.2, 0) is 6.42 Å². The van der Waals surface area contributed by atoms with Gasteiger partial charge >= 0.3 is 6.61 Å². The number of ether oxygens (including phenoxy) is 1. The molecule has 0 bridgehead atoms. The van der Waals surface area contributed by atoms with Gasteiger partial charge in [-0.1, -0.05) is 18.2 Å². The van der Waals surface area contributed by atoms with Gasteiger partial charge in [0.1, 0.15) is 5.75 Å². The lowest BCUT2D eigenvalue weighted by Crippen LogP contribution is -2.35. The van der Waals surface area contributed by atoms with E-state index in [1.807, 2.05) is 31.2 Å². The first-order chi connectivity index (χ1) is 10.6. The summed E-state index contributed by atoms with van der Waals surface area (Å²) >= 11 is 0. The number of carbonyl (C=O) groups excluding carboxylic acids is 1. The molecule has 0 saturated carbocycles. The average molecular weight is 303 g/mol. The molecule has 1 unspecified atom stereocenters. The fraction of sp³-hybridized carbons (Fsp3) is 0.235. The van der Waals surface area contributed by atoms with Crippen molar-refractivity contribution in [2.75, 3.05) is 4.90 Å². The van der Waals surface area contributed by atoms with Crippen molar-refractivity contribution in [3.05, 3.63) is 59.7 Å². The van der Waals surface area contributed by atoms with Crippen LogP contribution in [0.3, 0.4) is 0 Å². The first-order valence-corrected chi connectivity index (χ1v) is 7.02. The fourth-order valence-electron chi connectivity index (χ4n) is 2.79. The molecule has 1 aliphatic rings. The van der Waals surface area contributed by atoms with E-state index in [4.69, 9.17) is 0 Å². The predicted octanol–water partition coefficient (Wildman–Crippen LogP) is 3.88. The van der Waals surface area contributed by atoms with Gasteiger partial charge in [0.05, 0.1) is 0 Å². The number of anilines is 1. The molecule has 22 heavy (non-hydrogen) atoms. The lowest BCUT2D eigenvalue weighted by Gasteiger charge is -2.22. The zero-order chi connectivity index (χ0) is 15.7. The minimum Gasteiger partial charge on any atom is -0.435 e. The van der Waals surface area contributed by atoms with Crippen molar-refractivity contribution < 1.29 is 18.3 Å². The number of alkyl halides is 2. The molecule has 2 aromatic carbocycles. The number of hydrogen-bond acceptors (Lipinski definition) is 2. The van der Waals surface area contributed by atoms with E-state index in [9.17, 15) is 13.6 Å².